The molecule has 0 heterocycles. The number of halogens is 1. The molecule has 0 bridgehead atoms. The van der Waals surface area contributed by atoms with Crippen molar-refractivity contribution in [3.63, 3.8) is 0 Å². The van der Waals surface area contributed by atoms with E-state index in [1.54, 1.807) is 0 Å². The molecule has 1 aromatic carbocycles. The fourth-order valence-corrected chi connectivity index (χ4v) is 1.78. The highest BCUT2D eigenvalue weighted by atomic mass is 19.1. The summed E-state index contributed by atoms with van der Waals surface area (Å²) in [6, 6.07) is 9.64. The Hall–Kier alpha value is -0.930. The Labute approximate surface area is 103 Å². The molecule has 0 fully saturated rings. The van der Waals surface area contributed by atoms with Gasteiger partial charge in [0.1, 0.15) is 0 Å². The monoisotopic (exact) mass is 239 g/mol. The number of aliphatic hydroxyl groups excluding tert-OH is 1. The predicted octanol–water partition coefficient (Wildman–Crippen LogP) is 2.84. The molecule has 3 heteroatoms. The SMILES string of the molecule is CC(NCCCCCF)C(O)c1ccccc1. The van der Waals surface area contributed by atoms with Gasteiger partial charge < -0.3 is 10.4 Å². The van der Waals surface area contributed by atoms with Gasteiger partial charge in [0.25, 0.3) is 0 Å². The van der Waals surface area contributed by atoms with E-state index in [9.17, 15) is 9.50 Å². The Morgan fingerprint density at radius 3 is 2.53 bits per heavy atom. The summed E-state index contributed by atoms with van der Waals surface area (Å²) >= 11 is 0. The van der Waals surface area contributed by atoms with Gasteiger partial charge >= 0.3 is 0 Å². The van der Waals surface area contributed by atoms with Crippen LogP contribution in [0, 0.1) is 0 Å². The number of aliphatic hydroxyl groups is 1. The highest BCUT2D eigenvalue weighted by Crippen LogP contribution is 2.15. The third-order valence-electron chi connectivity index (χ3n) is 2.89. The van der Waals surface area contributed by atoms with Gasteiger partial charge in [0, 0.05) is 6.04 Å². The van der Waals surface area contributed by atoms with Crippen molar-refractivity contribution in [3.8, 4) is 0 Å². The van der Waals surface area contributed by atoms with Crippen LogP contribution in [0.4, 0.5) is 4.39 Å². The molecule has 17 heavy (non-hydrogen) atoms. The summed E-state index contributed by atoms with van der Waals surface area (Å²) in [5.74, 6) is 0. The molecule has 2 atom stereocenters. The Kier molecular flexibility index (Phi) is 6.82. The quantitative estimate of drug-likeness (QED) is 0.684. The molecule has 0 amide bonds. The summed E-state index contributed by atoms with van der Waals surface area (Å²) < 4.78 is 11.9. The van der Waals surface area contributed by atoms with Crippen molar-refractivity contribution in [2.45, 2.75) is 38.3 Å². The van der Waals surface area contributed by atoms with Gasteiger partial charge in [0.05, 0.1) is 12.8 Å². The van der Waals surface area contributed by atoms with Gasteiger partial charge in [-0.3, -0.25) is 4.39 Å². The third-order valence-corrected chi connectivity index (χ3v) is 2.89. The number of alkyl halides is 1. The molecule has 0 aliphatic rings. The second kappa shape index (κ2) is 8.20. The van der Waals surface area contributed by atoms with Crippen LogP contribution in [0.3, 0.4) is 0 Å². The van der Waals surface area contributed by atoms with Crippen molar-refractivity contribution in [2.75, 3.05) is 13.2 Å². The highest BCUT2D eigenvalue weighted by Gasteiger charge is 2.14. The van der Waals surface area contributed by atoms with E-state index in [-0.39, 0.29) is 12.7 Å². The lowest BCUT2D eigenvalue weighted by Crippen LogP contribution is -2.32. The fraction of sp³-hybridized carbons (Fsp3) is 0.571. The number of unbranched alkanes of at least 4 members (excludes halogenated alkanes) is 2. The molecule has 0 radical (unpaired) electrons. The number of rotatable bonds is 8. The lowest BCUT2D eigenvalue weighted by molar-refractivity contribution is 0.136. The average molecular weight is 239 g/mol. The van der Waals surface area contributed by atoms with Gasteiger partial charge in [-0.1, -0.05) is 30.3 Å². The maximum atomic E-state index is 11.9. The molecule has 1 aromatic rings. The van der Waals surface area contributed by atoms with Crippen molar-refractivity contribution in [2.24, 2.45) is 0 Å². The first-order valence-electron chi connectivity index (χ1n) is 6.28. The summed E-state index contributed by atoms with van der Waals surface area (Å²) in [6.07, 6.45) is 2.00. The maximum absolute atomic E-state index is 11.9. The van der Waals surface area contributed by atoms with Crippen molar-refractivity contribution in [1.82, 2.24) is 5.32 Å². The van der Waals surface area contributed by atoms with Crippen LogP contribution >= 0.6 is 0 Å². The molecule has 2 unspecified atom stereocenters. The minimum Gasteiger partial charge on any atom is -0.387 e. The number of benzene rings is 1. The molecule has 1 rings (SSSR count). The maximum Gasteiger partial charge on any atom is 0.0940 e. The molecule has 0 spiro atoms. The first-order chi connectivity index (χ1) is 8.25. The minimum absolute atomic E-state index is 0.0165. The first kappa shape index (κ1) is 14.1. The highest BCUT2D eigenvalue weighted by molar-refractivity contribution is 5.18. The zero-order valence-corrected chi connectivity index (χ0v) is 10.4. The zero-order chi connectivity index (χ0) is 12.5. The molecule has 2 N–H and O–H groups in total. The van der Waals surface area contributed by atoms with Crippen molar-refractivity contribution >= 4 is 0 Å². The molecular weight excluding hydrogens is 217 g/mol. The smallest absolute Gasteiger partial charge is 0.0940 e. The summed E-state index contributed by atoms with van der Waals surface area (Å²) in [6.45, 7) is 2.56. The molecule has 0 saturated heterocycles. The standard InChI is InChI=1S/C14H22FNO/c1-12(16-11-7-3-6-10-15)14(17)13-8-4-2-5-9-13/h2,4-5,8-9,12,14,16-17H,3,6-7,10-11H2,1H3. The summed E-state index contributed by atoms with van der Waals surface area (Å²) in [5.41, 5.74) is 0.927. The van der Waals surface area contributed by atoms with E-state index in [4.69, 9.17) is 0 Å². The van der Waals surface area contributed by atoms with Crippen LogP contribution in [0.1, 0.15) is 37.9 Å². The molecule has 2 nitrogen and oxygen atoms in total. The van der Waals surface area contributed by atoms with Crippen molar-refractivity contribution in [3.05, 3.63) is 35.9 Å². The van der Waals surface area contributed by atoms with Gasteiger partial charge in [-0.25, -0.2) is 0 Å². The topological polar surface area (TPSA) is 32.3 Å². The lowest BCUT2D eigenvalue weighted by atomic mass is 10.0. The van der Waals surface area contributed by atoms with Crippen LogP contribution < -0.4 is 5.32 Å². The van der Waals surface area contributed by atoms with Crippen LogP contribution in [0.15, 0.2) is 30.3 Å². The Morgan fingerprint density at radius 2 is 1.88 bits per heavy atom. The van der Waals surface area contributed by atoms with Gasteiger partial charge in [0.15, 0.2) is 0 Å². The van der Waals surface area contributed by atoms with E-state index >= 15 is 0 Å². The number of nitrogens with one attached hydrogen (secondary N) is 1. The fourth-order valence-electron chi connectivity index (χ4n) is 1.78. The van der Waals surface area contributed by atoms with Gasteiger partial charge in [-0.15, -0.1) is 0 Å². The van der Waals surface area contributed by atoms with Gasteiger partial charge in [-0.2, -0.15) is 0 Å². The lowest BCUT2D eigenvalue weighted by Gasteiger charge is -2.20. The number of hydrogen-bond acceptors (Lipinski definition) is 2. The molecule has 0 aromatic heterocycles. The van der Waals surface area contributed by atoms with Crippen LogP contribution in [-0.2, 0) is 0 Å². The summed E-state index contributed by atoms with van der Waals surface area (Å²) in [7, 11) is 0. The molecule has 0 aliphatic carbocycles. The van der Waals surface area contributed by atoms with E-state index in [1.165, 1.54) is 0 Å². The first-order valence-corrected chi connectivity index (χ1v) is 6.28. The third kappa shape index (κ3) is 5.29. The molecule has 0 saturated carbocycles. The van der Waals surface area contributed by atoms with Crippen LogP contribution in [0.2, 0.25) is 0 Å². The Bertz CT molecular complexity index is 292. The number of hydrogen-bond donors (Lipinski definition) is 2. The van der Waals surface area contributed by atoms with E-state index < -0.39 is 6.10 Å². The second-order valence-electron chi connectivity index (χ2n) is 4.35. The minimum atomic E-state index is -0.489. The molecule has 0 aliphatic heterocycles. The van der Waals surface area contributed by atoms with Gasteiger partial charge in [0.2, 0.25) is 0 Å². The van der Waals surface area contributed by atoms with E-state index in [0.29, 0.717) is 6.42 Å². The second-order valence-corrected chi connectivity index (χ2v) is 4.35. The van der Waals surface area contributed by atoms with Crippen LogP contribution in [0.5, 0.6) is 0 Å². The molecular formula is C14H22FNO. The summed E-state index contributed by atoms with van der Waals surface area (Å²) in [5, 5.41) is 13.3. The van der Waals surface area contributed by atoms with Crippen molar-refractivity contribution in [1.29, 1.82) is 0 Å². The Morgan fingerprint density at radius 1 is 1.18 bits per heavy atom. The van der Waals surface area contributed by atoms with Gasteiger partial charge in [-0.05, 0) is 38.3 Å². The average Bonchev–Trinajstić information content (AvgIpc) is 2.38. The summed E-state index contributed by atoms with van der Waals surface area (Å²) in [4.78, 5) is 0. The predicted molar refractivity (Wildman–Crippen MR) is 68.7 cm³/mol. The zero-order valence-electron chi connectivity index (χ0n) is 10.4. The molecule has 96 valence electrons. The van der Waals surface area contributed by atoms with Crippen molar-refractivity contribution < 1.29 is 9.50 Å². The van der Waals surface area contributed by atoms with E-state index in [0.717, 1.165) is 24.9 Å². The Balaban J connectivity index is 2.25. The van der Waals surface area contributed by atoms with E-state index in [2.05, 4.69) is 5.32 Å². The largest absolute Gasteiger partial charge is 0.387 e. The van der Waals surface area contributed by atoms with E-state index in [1.807, 2.05) is 37.3 Å². The van der Waals surface area contributed by atoms with Crippen LogP contribution in [0.25, 0.3) is 0 Å². The van der Waals surface area contributed by atoms with Crippen LogP contribution in [-0.4, -0.2) is 24.4 Å². The normalized spacial score (nSPS) is 14.5.